The van der Waals surface area contributed by atoms with E-state index in [1.165, 1.54) is 29.3 Å². The predicted molar refractivity (Wildman–Crippen MR) is 123 cm³/mol. The Morgan fingerprint density at radius 1 is 1.06 bits per heavy atom. The Morgan fingerprint density at radius 3 is 2.41 bits per heavy atom. The van der Waals surface area contributed by atoms with Gasteiger partial charge in [0.1, 0.15) is 17.3 Å². The molecule has 2 heterocycles. The minimum atomic E-state index is -4.83. The van der Waals surface area contributed by atoms with Crippen LogP contribution < -0.4 is 15.2 Å². The largest absolute Gasteiger partial charge is 0.573 e. The molecule has 0 atom stereocenters. The maximum atomic E-state index is 12.7. The van der Waals surface area contributed by atoms with Crippen LogP contribution in [0.2, 0.25) is 0 Å². The van der Waals surface area contributed by atoms with Crippen molar-refractivity contribution in [2.24, 2.45) is 0 Å². The molecule has 1 aliphatic rings. The van der Waals surface area contributed by atoms with Gasteiger partial charge in [0, 0.05) is 11.5 Å². The van der Waals surface area contributed by atoms with E-state index in [0.29, 0.717) is 28.1 Å². The van der Waals surface area contributed by atoms with Crippen LogP contribution in [0, 0.1) is 0 Å². The van der Waals surface area contributed by atoms with E-state index < -0.39 is 12.1 Å². The number of hydrogen-bond acceptors (Lipinski definition) is 6. The third-order valence-corrected chi connectivity index (χ3v) is 5.62. The number of hydrogen-bond donors (Lipinski definition) is 2. The van der Waals surface area contributed by atoms with Gasteiger partial charge in [0.15, 0.2) is 17.1 Å². The summed E-state index contributed by atoms with van der Waals surface area (Å²) < 4.78 is 47.6. The number of nitrogens with one attached hydrogen (secondary N) is 1. The van der Waals surface area contributed by atoms with Crippen LogP contribution >= 0.6 is 12.4 Å². The zero-order valence-electron chi connectivity index (χ0n) is 18.0. The number of nitrogens with two attached hydrogens (primary N) is 1. The number of aromatic amines is 1. The Kier molecular flexibility index (Phi) is 6.26. The van der Waals surface area contributed by atoms with Crippen molar-refractivity contribution in [1.82, 2.24) is 20.2 Å². The topological polar surface area (TPSA) is 98.9 Å². The summed E-state index contributed by atoms with van der Waals surface area (Å²) in [7, 11) is 0. The van der Waals surface area contributed by atoms with Gasteiger partial charge in [0.05, 0.1) is 12.0 Å². The Hall–Kier alpha value is -3.53. The molecule has 0 fully saturated rings. The molecule has 0 saturated carbocycles. The first-order chi connectivity index (χ1) is 15.8. The van der Waals surface area contributed by atoms with Gasteiger partial charge in [-0.05, 0) is 49.1 Å². The number of aromatic nitrogens is 4. The fraction of sp³-hybridized carbons (Fsp3) is 0.261. The standard InChI is InChI=1S/C23H20F3N5O2.ClH/c1-2-32-17-11-14(7-8-16(17)33-23(24,25)26)19-18-20(27)28-21(29-22(18)31-30-19)15-9-12-5-3-4-6-13(12)10-15;/h3-8,11,15H,2,9-10H2,1H3,(H3,27,28,29,30,31);1H. The smallest absolute Gasteiger partial charge is 0.490 e. The summed E-state index contributed by atoms with van der Waals surface area (Å²) in [6.07, 6.45) is -3.16. The van der Waals surface area contributed by atoms with Crippen molar-refractivity contribution in [3.63, 3.8) is 0 Å². The number of ether oxygens (including phenoxy) is 2. The fourth-order valence-corrected chi connectivity index (χ4v) is 4.24. The van der Waals surface area contributed by atoms with E-state index in [4.69, 9.17) is 10.5 Å². The summed E-state index contributed by atoms with van der Waals surface area (Å²) >= 11 is 0. The van der Waals surface area contributed by atoms with Crippen molar-refractivity contribution in [2.45, 2.75) is 32.0 Å². The molecule has 0 bridgehead atoms. The molecule has 4 aromatic rings. The minimum absolute atomic E-state index is 0. The molecule has 1 aliphatic carbocycles. The van der Waals surface area contributed by atoms with E-state index in [1.807, 2.05) is 12.1 Å². The monoisotopic (exact) mass is 491 g/mol. The molecule has 178 valence electrons. The Labute approximate surface area is 198 Å². The molecule has 11 heteroatoms. The maximum absolute atomic E-state index is 12.7. The zero-order valence-corrected chi connectivity index (χ0v) is 18.8. The molecule has 3 N–H and O–H groups in total. The van der Waals surface area contributed by atoms with Crippen molar-refractivity contribution in [3.05, 3.63) is 59.4 Å². The van der Waals surface area contributed by atoms with E-state index in [9.17, 15) is 13.2 Å². The number of benzene rings is 2. The fourth-order valence-electron chi connectivity index (χ4n) is 4.24. The molecule has 0 unspecified atom stereocenters. The Morgan fingerprint density at radius 2 is 1.76 bits per heavy atom. The summed E-state index contributed by atoms with van der Waals surface area (Å²) in [5, 5.41) is 7.70. The first-order valence-electron chi connectivity index (χ1n) is 10.4. The van der Waals surface area contributed by atoms with Gasteiger partial charge in [-0.2, -0.15) is 5.10 Å². The van der Waals surface area contributed by atoms with E-state index in [2.05, 4.69) is 37.0 Å². The van der Waals surface area contributed by atoms with Crippen LogP contribution in [-0.2, 0) is 12.8 Å². The maximum Gasteiger partial charge on any atom is 0.573 e. The lowest BCUT2D eigenvalue weighted by Crippen LogP contribution is -2.17. The van der Waals surface area contributed by atoms with Crippen molar-refractivity contribution in [2.75, 3.05) is 12.3 Å². The van der Waals surface area contributed by atoms with E-state index in [-0.39, 0.29) is 36.5 Å². The molecule has 2 aromatic carbocycles. The first kappa shape index (κ1) is 23.6. The van der Waals surface area contributed by atoms with Gasteiger partial charge in [-0.3, -0.25) is 5.10 Å². The lowest BCUT2D eigenvalue weighted by atomic mass is 10.0. The molecular formula is C23H21ClF3N5O2. The van der Waals surface area contributed by atoms with Crippen LogP contribution in [0.25, 0.3) is 22.3 Å². The highest BCUT2D eigenvalue weighted by atomic mass is 35.5. The number of nitrogen functional groups attached to an aromatic ring is 1. The van der Waals surface area contributed by atoms with Gasteiger partial charge in [0.2, 0.25) is 0 Å². The molecule has 0 radical (unpaired) electrons. The summed E-state index contributed by atoms with van der Waals surface area (Å²) in [5.74, 6) is 0.520. The van der Waals surface area contributed by atoms with Crippen molar-refractivity contribution >= 4 is 29.3 Å². The molecule has 2 aromatic heterocycles. The van der Waals surface area contributed by atoms with Crippen molar-refractivity contribution < 1.29 is 22.6 Å². The minimum Gasteiger partial charge on any atom is -0.490 e. The average molecular weight is 492 g/mol. The highest BCUT2D eigenvalue weighted by Crippen LogP contribution is 2.39. The third-order valence-electron chi connectivity index (χ3n) is 5.62. The van der Waals surface area contributed by atoms with E-state index in [1.54, 1.807) is 6.92 Å². The van der Waals surface area contributed by atoms with Gasteiger partial charge in [0.25, 0.3) is 0 Å². The molecule has 0 aliphatic heterocycles. The predicted octanol–water partition coefficient (Wildman–Crippen LogP) is 5.20. The molecule has 34 heavy (non-hydrogen) atoms. The van der Waals surface area contributed by atoms with E-state index >= 15 is 0 Å². The lowest BCUT2D eigenvalue weighted by molar-refractivity contribution is -0.275. The van der Waals surface area contributed by atoms with Gasteiger partial charge in [-0.15, -0.1) is 25.6 Å². The van der Waals surface area contributed by atoms with Gasteiger partial charge >= 0.3 is 6.36 Å². The van der Waals surface area contributed by atoms with Crippen LogP contribution in [-0.4, -0.2) is 33.1 Å². The number of alkyl halides is 3. The molecule has 0 amide bonds. The van der Waals surface area contributed by atoms with Crippen LogP contribution in [0.4, 0.5) is 19.0 Å². The van der Waals surface area contributed by atoms with Gasteiger partial charge in [-0.1, -0.05) is 24.3 Å². The molecule has 0 saturated heterocycles. The van der Waals surface area contributed by atoms with Crippen LogP contribution in [0.5, 0.6) is 11.5 Å². The van der Waals surface area contributed by atoms with Crippen LogP contribution in [0.15, 0.2) is 42.5 Å². The van der Waals surface area contributed by atoms with Crippen molar-refractivity contribution in [3.8, 4) is 22.8 Å². The van der Waals surface area contributed by atoms with E-state index in [0.717, 1.165) is 12.8 Å². The molecular weight excluding hydrogens is 471 g/mol. The third kappa shape index (κ3) is 4.45. The number of rotatable bonds is 5. The summed E-state index contributed by atoms with van der Waals surface area (Å²) in [4.78, 5) is 9.21. The van der Waals surface area contributed by atoms with Crippen LogP contribution in [0.1, 0.15) is 29.8 Å². The highest BCUT2D eigenvalue weighted by Gasteiger charge is 2.33. The molecule has 0 spiro atoms. The normalized spacial score (nSPS) is 13.5. The second kappa shape index (κ2) is 9.02. The average Bonchev–Trinajstić information content (AvgIpc) is 3.39. The second-order valence-corrected chi connectivity index (χ2v) is 7.78. The summed E-state index contributed by atoms with van der Waals surface area (Å²) in [6.45, 7) is 1.83. The number of anilines is 1. The quantitative estimate of drug-likeness (QED) is 0.398. The highest BCUT2D eigenvalue weighted by molar-refractivity contribution is 5.98. The number of nitrogens with zero attached hydrogens (tertiary/aromatic N) is 3. The first-order valence-corrected chi connectivity index (χ1v) is 10.4. The Balaban J connectivity index is 0.00000274. The number of fused-ring (bicyclic) bond motifs is 2. The zero-order chi connectivity index (χ0) is 23.2. The molecule has 7 nitrogen and oxygen atoms in total. The Bertz CT molecular complexity index is 1320. The number of H-pyrrole nitrogens is 1. The SMILES string of the molecule is CCOc1cc(-c2n[nH]c3nc(C4Cc5ccccc5C4)nc(N)c23)ccc1OC(F)(F)F.Cl. The van der Waals surface area contributed by atoms with Gasteiger partial charge in [-0.25, -0.2) is 9.97 Å². The number of halogens is 4. The second-order valence-electron chi connectivity index (χ2n) is 7.78. The summed E-state index contributed by atoms with van der Waals surface area (Å²) in [5.41, 5.74) is 10.2. The lowest BCUT2D eigenvalue weighted by Gasteiger charge is -2.14. The van der Waals surface area contributed by atoms with Crippen LogP contribution in [0.3, 0.4) is 0 Å². The van der Waals surface area contributed by atoms with Gasteiger partial charge < -0.3 is 15.2 Å². The summed E-state index contributed by atoms with van der Waals surface area (Å²) in [6, 6.07) is 12.3. The van der Waals surface area contributed by atoms with Crippen molar-refractivity contribution in [1.29, 1.82) is 0 Å². The molecule has 5 rings (SSSR count).